The first-order valence-corrected chi connectivity index (χ1v) is 9.31. The molecule has 1 saturated carbocycles. The summed E-state index contributed by atoms with van der Waals surface area (Å²) in [6, 6.07) is 0. The molecule has 0 heterocycles. The number of fused-ring (bicyclic) bond motifs is 4. The van der Waals surface area contributed by atoms with E-state index in [0.717, 1.165) is 32.1 Å². The molecule has 0 radical (unpaired) electrons. The van der Waals surface area contributed by atoms with Crippen molar-refractivity contribution in [1.82, 2.24) is 0 Å². The number of carbonyl (C=O) groups is 2. The molecule has 4 atom stereocenters. The largest absolute Gasteiger partial charge is 0.299 e. The van der Waals surface area contributed by atoms with Crippen LogP contribution in [0.3, 0.4) is 0 Å². The first-order chi connectivity index (χ1) is 10.9. The van der Waals surface area contributed by atoms with Gasteiger partial charge >= 0.3 is 0 Å². The fourth-order valence-corrected chi connectivity index (χ4v) is 6.24. The molecule has 23 heavy (non-hydrogen) atoms. The van der Waals surface area contributed by atoms with Crippen molar-refractivity contribution < 1.29 is 9.59 Å². The molecular formula is C21H28O2. The smallest absolute Gasteiger partial charge is 0.137 e. The molecule has 0 amide bonds. The molecule has 4 rings (SSSR count). The molecule has 0 aliphatic heterocycles. The second-order valence-electron chi connectivity index (χ2n) is 8.76. The van der Waals surface area contributed by atoms with E-state index in [1.54, 1.807) is 12.5 Å². The quantitative estimate of drug-likeness (QED) is 0.697. The van der Waals surface area contributed by atoms with Crippen LogP contribution in [0.2, 0.25) is 0 Å². The van der Waals surface area contributed by atoms with Crippen molar-refractivity contribution >= 4 is 11.6 Å². The summed E-state index contributed by atoms with van der Waals surface area (Å²) in [4.78, 5) is 24.2. The summed E-state index contributed by atoms with van der Waals surface area (Å²) in [5.41, 5.74) is 4.49. The first kappa shape index (κ1) is 15.4. The van der Waals surface area contributed by atoms with Crippen LogP contribution < -0.4 is 0 Å². The lowest BCUT2D eigenvalue weighted by Crippen LogP contribution is -2.46. The molecule has 2 nitrogen and oxygen atoms in total. The number of rotatable bonds is 1. The van der Waals surface area contributed by atoms with Gasteiger partial charge in [-0.15, -0.1) is 0 Å². The Morgan fingerprint density at radius 3 is 2.70 bits per heavy atom. The zero-order valence-electron chi connectivity index (χ0n) is 14.7. The number of hydrogen-bond donors (Lipinski definition) is 0. The molecule has 0 spiro atoms. The lowest BCUT2D eigenvalue weighted by molar-refractivity contribution is -0.133. The van der Waals surface area contributed by atoms with E-state index < -0.39 is 0 Å². The van der Waals surface area contributed by atoms with Crippen LogP contribution >= 0.6 is 0 Å². The maximum absolute atomic E-state index is 12.4. The van der Waals surface area contributed by atoms with Gasteiger partial charge in [0.15, 0.2) is 0 Å². The van der Waals surface area contributed by atoms with E-state index in [1.165, 1.54) is 24.0 Å². The van der Waals surface area contributed by atoms with Gasteiger partial charge in [0.1, 0.15) is 11.6 Å². The van der Waals surface area contributed by atoms with Crippen LogP contribution in [-0.4, -0.2) is 11.6 Å². The molecule has 124 valence electrons. The summed E-state index contributed by atoms with van der Waals surface area (Å²) in [7, 11) is 0. The lowest BCUT2D eigenvalue weighted by atomic mass is 9.53. The van der Waals surface area contributed by atoms with Gasteiger partial charge in [-0.25, -0.2) is 0 Å². The minimum Gasteiger partial charge on any atom is -0.299 e. The van der Waals surface area contributed by atoms with E-state index in [9.17, 15) is 9.59 Å². The highest BCUT2D eigenvalue weighted by molar-refractivity contribution is 5.84. The van der Waals surface area contributed by atoms with Gasteiger partial charge in [0.05, 0.1) is 0 Å². The van der Waals surface area contributed by atoms with Crippen molar-refractivity contribution in [2.75, 3.05) is 0 Å². The van der Waals surface area contributed by atoms with Crippen LogP contribution in [0.4, 0.5) is 0 Å². The second-order valence-corrected chi connectivity index (χ2v) is 8.76. The maximum atomic E-state index is 12.4. The summed E-state index contributed by atoms with van der Waals surface area (Å²) in [6.45, 7) is 6.37. The van der Waals surface area contributed by atoms with Crippen molar-refractivity contribution in [3.63, 3.8) is 0 Å². The number of hydrogen-bond acceptors (Lipinski definition) is 2. The second kappa shape index (κ2) is 4.91. The van der Waals surface area contributed by atoms with E-state index in [0.29, 0.717) is 29.8 Å². The minimum absolute atomic E-state index is 0.121. The monoisotopic (exact) mass is 312 g/mol. The van der Waals surface area contributed by atoms with Gasteiger partial charge in [-0.2, -0.15) is 0 Å². The fourth-order valence-electron chi connectivity index (χ4n) is 6.24. The number of ketones is 2. The Kier molecular flexibility index (Phi) is 3.28. The molecule has 0 aromatic carbocycles. The van der Waals surface area contributed by atoms with Gasteiger partial charge in [0, 0.05) is 18.3 Å². The molecule has 0 bridgehead atoms. The Morgan fingerprint density at radius 1 is 1.17 bits per heavy atom. The molecule has 4 aliphatic carbocycles. The molecule has 0 aromatic rings. The highest BCUT2D eigenvalue weighted by Crippen LogP contribution is 2.65. The molecule has 4 aliphatic rings. The van der Waals surface area contributed by atoms with E-state index >= 15 is 0 Å². The van der Waals surface area contributed by atoms with Crippen LogP contribution in [0.25, 0.3) is 0 Å². The fraction of sp³-hybridized carbons (Fsp3) is 0.714. The SMILES string of the molecule is CC(=O)[C@@]1(C)CCC2C3CCC4=C(CCC(=O)C4)C3=CCC21C. The molecule has 2 heteroatoms. The summed E-state index contributed by atoms with van der Waals surface area (Å²) < 4.78 is 0. The molecule has 0 saturated heterocycles. The van der Waals surface area contributed by atoms with E-state index in [4.69, 9.17) is 0 Å². The highest BCUT2D eigenvalue weighted by atomic mass is 16.1. The lowest BCUT2D eigenvalue weighted by Gasteiger charge is -2.50. The number of carbonyl (C=O) groups excluding carboxylic acids is 2. The maximum Gasteiger partial charge on any atom is 0.137 e. The van der Waals surface area contributed by atoms with Gasteiger partial charge in [-0.1, -0.05) is 25.5 Å². The molecule has 0 aromatic heterocycles. The predicted molar refractivity (Wildman–Crippen MR) is 90.9 cm³/mol. The Bertz CT molecular complexity index is 653. The van der Waals surface area contributed by atoms with Crippen molar-refractivity contribution in [2.45, 2.75) is 72.1 Å². The van der Waals surface area contributed by atoms with Gasteiger partial charge in [0.2, 0.25) is 0 Å². The Balaban J connectivity index is 1.74. The Labute approximate surface area is 139 Å². The zero-order valence-corrected chi connectivity index (χ0v) is 14.7. The average Bonchev–Trinajstić information content (AvgIpc) is 2.80. The van der Waals surface area contributed by atoms with Crippen LogP contribution in [-0.2, 0) is 9.59 Å². The van der Waals surface area contributed by atoms with Gasteiger partial charge in [-0.05, 0) is 73.8 Å². The van der Waals surface area contributed by atoms with Gasteiger partial charge < -0.3 is 0 Å². The Morgan fingerprint density at radius 2 is 1.96 bits per heavy atom. The third-order valence-electron chi connectivity index (χ3n) is 8.04. The van der Waals surface area contributed by atoms with Crippen molar-refractivity contribution in [3.05, 3.63) is 22.8 Å². The summed E-state index contributed by atoms with van der Waals surface area (Å²) in [5.74, 6) is 2.07. The van der Waals surface area contributed by atoms with E-state index in [2.05, 4.69) is 19.9 Å². The average molecular weight is 312 g/mol. The van der Waals surface area contributed by atoms with Crippen molar-refractivity contribution in [3.8, 4) is 0 Å². The van der Waals surface area contributed by atoms with Crippen LogP contribution in [0.5, 0.6) is 0 Å². The van der Waals surface area contributed by atoms with Gasteiger partial charge in [-0.3, -0.25) is 9.59 Å². The molecule has 3 unspecified atom stereocenters. The summed E-state index contributed by atoms with van der Waals surface area (Å²) >= 11 is 0. The highest BCUT2D eigenvalue weighted by Gasteiger charge is 2.60. The van der Waals surface area contributed by atoms with Crippen LogP contribution in [0.1, 0.15) is 72.1 Å². The van der Waals surface area contributed by atoms with Crippen LogP contribution in [0, 0.1) is 22.7 Å². The predicted octanol–water partition coefficient (Wildman–Crippen LogP) is 4.79. The molecular weight excluding hydrogens is 284 g/mol. The Hall–Kier alpha value is -1.18. The standard InChI is InChI=1S/C21H28O2/c1-13(22)20(2)11-9-19-18-6-4-14-12-15(23)5-7-16(14)17(18)8-10-21(19,20)3/h8,18-19H,4-7,9-12H2,1-3H3/t18?,19?,20-,21?/m1/s1. The molecule has 0 N–H and O–H groups in total. The summed E-state index contributed by atoms with van der Waals surface area (Å²) in [5, 5.41) is 0. The number of Topliss-reactive ketones (excluding diaryl/α,β-unsaturated/α-hetero) is 2. The van der Waals surface area contributed by atoms with Crippen molar-refractivity contribution in [2.24, 2.45) is 22.7 Å². The van der Waals surface area contributed by atoms with Crippen molar-refractivity contribution in [1.29, 1.82) is 0 Å². The topological polar surface area (TPSA) is 34.1 Å². The summed E-state index contributed by atoms with van der Waals surface area (Å²) in [6.07, 6.45) is 10.4. The molecule has 1 fully saturated rings. The van der Waals surface area contributed by atoms with E-state index in [1.807, 2.05) is 0 Å². The third kappa shape index (κ3) is 1.93. The normalized spacial score (nSPS) is 42.7. The van der Waals surface area contributed by atoms with E-state index in [-0.39, 0.29) is 10.8 Å². The van der Waals surface area contributed by atoms with Crippen LogP contribution in [0.15, 0.2) is 22.8 Å². The minimum atomic E-state index is -0.156. The number of allylic oxidation sites excluding steroid dienone is 4. The first-order valence-electron chi connectivity index (χ1n) is 9.31. The third-order valence-corrected chi connectivity index (χ3v) is 8.04. The zero-order chi connectivity index (χ0) is 16.4. The van der Waals surface area contributed by atoms with Gasteiger partial charge in [0.25, 0.3) is 0 Å².